The second-order valence-corrected chi connectivity index (χ2v) is 6.94. The maximum Gasteiger partial charge on any atom is 0.292 e. The van der Waals surface area contributed by atoms with E-state index in [9.17, 15) is 10.1 Å². The van der Waals surface area contributed by atoms with Gasteiger partial charge in [-0.2, -0.15) is 0 Å². The lowest BCUT2D eigenvalue weighted by Gasteiger charge is -2.15. The summed E-state index contributed by atoms with van der Waals surface area (Å²) in [4.78, 5) is 11.0. The summed E-state index contributed by atoms with van der Waals surface area (Å²) in [6.07, 6.45) is 0.891. The molecule has 0 heterocycles. The van der Waals surface area contributed by atoms with Crippen LogP contribution in [0.25, 0.3) is 0 Å². The molecular formula is C19H23ClN2O2. The van der Waals surface area contributed by atoms with Gasteiger partial charge in [0.25, 0.3) is 5.69 Å². The van der Waals surface area contributed by atoms with Crippen molar-refractivity contribution in [1.82, 2.24) is 0 Å². The Balaban J connectivity index is 2.02. The molecule has 5 heteroatoms. The zero-order valence-electron chi connectivity index (χ0n) is 14.3. The van der Waals surface area contributed by atoms with Gasteiger partial charge in [-0.05, 0) is 47.6 Å². The molecule has 2 aromatic rings. The van der Waals surface area contributed by atoms with Crippen molar-refractivity contribution in [3.05, 3.63) is 68.7 Å². The minimum atomic E-state index is -0.321. The summed E-state index contributed by atoms with van der Waals surface area (Å²) in [5.41, 5.74) is 2.90. The number of nitrogens with zero attached hydrogens (tertiary/aromatic N) is 1. The van der Waals surface area contributed by atoms with E-state index in [4.69, 9.17) is 11.6 Å². The van der Waals surface area contributed by atoms with Gasteiger partial charge in [0, 0.05) is 17.6 Å². The highest BCUT2D eigenvalue weighted by Crippen LogP contribution is 2.29. The molecule has 1 atom stereocenters. The summed E-state index contributed by atoms with van der Waals surface area (Å²) in [5.74, 6) is 0.608. The number of rotatable bonds is 7. The van der Waals surface area contributed by atoms with Crippen LogP contribution in [-0.4, -0.2) is 11.5 Å². The van der Waals surface area contributed by atoms with E-state index in [0.717, 1.165) is 17.0 Å². The topological polar surface area (TPSA) is 55.2 Å². The Kier molecular flexibility index (Phi) is 6.21. The summed E-state index contributed by atoms with van der Waals surface area (Å²) in [5, 5.41) is 15.3. The molecule has 0 bridgehead atoms. The van der Waals surface area contributed by atoms with Gasteiger partial charge in [-0.25, -0.2) is 0 Å². The molecule has 1 N–H and O–H groups in total. The predicted molar refractivity (Wildman–Crippen MR) is 100.0 cm³/mol. The minimum absolute atomic E-state index is 0.139. The first-order chi connectivity index (χ1) is 11.4. The molecule has 2 rings (SSSR count). The molecule has 0 radical (unpaired) electrons. The molecule has 0 fully saturated rings. The molecule has 0 aromatic heterocycles. The van der Waals surface area contributed by atoms with E-state index in [2.05, 4.69) is 12.2 Å². The van der Waals surface area contributed by atoms with E-state index in [1.165, 1.54) is 5.56 Å². The Morgan fingerprint density at radius 3 is 2.38 bits per heavy atom. The van der Waals surface area contributed by atoms with Gasteiger partial charge in [0.2, 0.25) is 0 Å². The van der Waals surface area contributed by atoms with Crippen molar-refractivity contribution in [1.29, 1.82) is 0 Å². The minimum Gasteiger partial charge on any atom is -0.379 e. The van der Waals surface area contributed by atoms with Gasteiger partial charge in [0.05, 0.1) is 4.92 Å². The Morgan fingerprint density at radius 2 is 1.79 bits per heavy atom. The third-order valence-electron chi connectivity index (χ3n) is 4.02. The predicted octanol–water partition coefficient (Wildman–Crippen LogP) is 5.66. The average Bonchev–Trinajstić information content (AvgIpc) is 2.54. The van der Waals surface area contributed by atoms with Crippen LogP contribution >= 0.6 is 11.6 Å². The summed E-state index contributed by atoms with van der Waals surface area (Å²) >= 11 is 5.90. The molecule has 24 heavy (non-hydrogen) atoms. The lowest BCUT2D eigenvalue weighted by molar-refractivity contribution is -0.384. The molecule has 4 nitrogen and oxygen atoms in total. The number of nitro benzene ring substituents is 1. The largest absolute Gasteiger partial charge is 0.379 e. The first kappa shape index (κ1) is 18.3. The zero-order chi connectivity index (χ0) is 17.7. The van der Waals surface area contributed by atoms with Crippen molar-refractivity contribution >= 4 is 23.0 Å². The fourth-order valence-electron chi connectivity index (χ4n) is 2.59. The molecule has 0 saturated heterocycles. The van der Waals surface area contributed by atoms with Crippen LogP contribution in [-0.2, 0) is 6.42 Å². The van der Waals surface area contributed by atoms with E-state index in [-0.39, 0.29) is 16.5 Å². The van der Waals surface area contributed by atoms with E-state index < -0.39 is 0 Å². The summed E-state index contributed by atoms with van der Waals surface area (Å²) in [6, 6.07) is 13.2. The molecule has 0 aliphatic carbocycles. The van der Waals surface area contributed by atoms with Crippen LogP contribution in [0, 0.1) is 16.0 Å². The van der Waals surface area contributed by atoms with Crippen molar-refractivity contribution in [2.45, 2.75) is 33.1 Å². The number of nitro groups is 1. The molecule has 1 unspecified atom stereocenters. The molecule has 0 aliphatic heterocycles. The highest BCUT2D eigenvalue weighted by molar-refractivity contribution is 6.30. The molecule has 128 valence electrons. The fraction of sp³-hybridized carbons (Fsp3) is 0.368. The van der Waals surface area contributed by atoms with E-state index >= 15 is 0 Å². The van der Waals surface area contributed by atoms with Gasteiger partial charge in [-0.15, -0.1) is 0 Å². The van der Waals surface area contributed by atoms with Gasteiger partial charge in [-0.1, -0.05) is 50.6 Å². The summed E-state index contributed by atoms with van der Waals surface area (Å²) < 4.78 is 0. The molecule has 0 saturated carbocycles. The average molecular weight is 347 g/mol. The molecule has 0 aliphatic rings. The van der Waals surface area contributed by atoms with Crippen molar-refractivity contribution in [3.8, 4) is 0 Å². The van der Waals surface area contributed by atoms with Gasteiger partial charge in [0.15, 0.2) is 0 Å². The molecule has 2 aromatic carbocycles. The van der Waals surface area contributed by atoms with Crippen molar-refractivity contribution in [2.24, 2.45) is 5.92 Å². The maximum atomic E-state index is 11.3. The molecule has 0 spiro atoms. The SMILES string of the molecule is CC(CNc1ccc(C(C)C)cc1[N+](=O)[O-])Cc1ccc(Cl)cc1. The van der Waals surface area contributed by atoms with Gasteiger partial charge < -0.3 is 5.32 Å². The Bertz CT molecular complexity index is 699. The standard InChI is InChI=1S/C19H23ClN2O2/c1-13(2)16-6-9-18(19(11-16)22(23)24)21-12-14(3)10-15-4-7-17(20)8-5-15/h4-9,11,13-14,21H,10,12H2,1-3H3. The smallest absolute Gasteiger partial charge is 0.292 e. The van der Waals surface area contributed by atoms with Crippen LogP contribution in [0.5, 0.6) is 0 Å². The first-order valence-electron chi connectivity index (χ1n) is 8.13. The number of hydrogen-bond acceptors (Lipinski definition) is 3. The number of anilines is 1. The summed E-state index contributed by atoms with van der Waals surface area (Å²) in [7, 11) is 0. The van der Waals surface area contributed by atoms with Crippen LogP contribution in [0.2, 0.25) is 5.02 Å². The van der Waals surface area contributed by atoms with E-state index in [0.29, 0.717) is 18.2 Å². The number of hydrogen-bond donors (Lipinski definition) is 1. The second kappa shape index (κ2) is 8.15. The van der Waals surface area contributed by atoms with Crippen LogP contribution in [0.15, 0.2) is 42.5 Å². The fourth-order valence-corrected chi connectivity index (χ4v) is 2.71. The third-order valence-corrected chi connectivity index (χ3v) is 4.28. The maximum absolute atomic E-state index is 11.3. The van der Waals surface area contributed by atoms with Crippen LogP contribution in [0.3, 0.4) is 0 Å². The zero-order valence-corrected chi connectivity index (χ0v) is 15.0. The van der Waals surface area contributed by atoms with Crippen molar-refractivity contribution in [3.63, 3.8) is 0 Å². The quantitative estimate of drug-likeness (QED) is 0.519. The van der Waals surface area contributed by atoms with Gasteiger partial charge in [-0.3, -0.25) is 10.1 Å². The Labute approximate surface area is 148 Å². The van der Waals surface area contributed by atoms with E-state index in [1.54, 1.807) is 6.07 Å². The number of benzene rings is 2. The number of nitrogens with one attached hydrogen (secondary N) is 1. The highest BCUT2D eigenvalue weighted by atomic mass is 35.5. The molecular weight excluding hydrogens is 324 g/mol. The van der Waals surface area contributed by atoms with E-state index in [1.807, 2.05) is 50.2 Å². The van der Waals surface area contributed by atoms with Crippen LogP contribution < -0.4 is 5.32 Å². The normalized spacial score (nSPS) is 12.2. The third kappa shape index (κ3) is 4.96. The highest BCUT2D eigenvalue weighted by Gasteiger charge is 2.16. The van der Waals surface area contributed by atoms with Gasteiger partial charge >= 0.3 is 0 Å². The lowest BCUT2D eigenvalue weighted by Crippen LogP contribution is -2.14. The number of halogens is 1. The Morgan fingerprint density at radius 1 is 1.12 bits per heavy atom. The van der Waals surface area contributed by atoms with Crippen molar-refractivity contribution in [2.75, 3.05) is 11.9 Å². The summed E-state index contributed by atoms with van der Waals surface area (Å²) in [6.45, 7) is 6.85. The van der Waals surface area contributed by atoms with Gasteiger partial charge in [0.1, 0.15) is 5.69 Å². The monoisotopic (exact) mass is 346 g/mol. The molecule has 0 amide bonds. The first-order valence-corrected chi connectivity index (χ1v) is 8.51. The lowest BCUT2D eigenvalue weighted by atomic mass is 10.00. The second-order valence-electron chi connectivity index (χ2n) is 6.51. The van der Waals surface area contributed by atoms with Crippen molar-refractivity contribution < 1.29 is 4.92 Å². The van der Waals surface area contributed by atoms with Crippen LogP contribution in [0.1, 0.15) is 37.8 Å². The van der Waals surface area contributed by atoms with Crippen LogP contribution in [0.4, 0.5) is 11.4 Å². The Hall–Kier alpha value is -2.07.